The summed E-state index contributed by atoms with van der Waals surface area (Å²) in [6.45, 7) is 0.895. The van der Waals surface area contributed by atoms with Gasteiger partial charge in [-0.15, -0.1) is 10.2 Å². The van der Waals surface area contributed by atoms with E-state index in [-0.39, 0.29) is 11.3 Å². The van der Waals surface area contributed by atoms with Gasteiger partial charge in [-0.1, -0.05) is 12.1 Å². The first-order valence-electron chi connectivity index (χ1n) is 7.51. The summed E-state index contributed by atoms with van der Waals surface area (Å²) in [6, 6.07) is 12.6. The molecule has 0 unspecified atom stereocenters. The van der Waals surface area contributed by atoms with E-state index in [0.717, 1.165) is 43.0 Å². The summed E-state index contributed by atoms with van der Waals surface area (Å²) in [6.07, 6.45) is 3.16. The summed E-state index contributed by atoms with van der Waals surface area (Å²) in [5.74, 6) is 1.78. The minimum absolute atomic E-state index is 0.0691. The van der Waals surface area contributed by atoms with Crippen molar-refractivity contribution in [2.75, 3.05) is 5.32 Å². The van der Waals surface area contributed by atoms with Gasteiger partial charge >= 0.3 is 0 Å². The minimum atomic E-state index is -0.247. The standard InChI is InChI=1S/C17H13N7/c18-9-13(10-19)15(11-20)21-14-5-3-4-12(8-14)17-23-22-16-6-1-2-7-24(16)17/h3-5,8,21H,1-2,6-7H2. The van der Waals surface area contributed by atoms with Crippen molar-refractivity contribution in [3.63, 3.8) is 0 Å². The van der Waals surface area contributed by atoms with Gasteiger partial charge in [-0.25, -0.2) is 0 Å². The van der Waals surface area contributed by atoms with Crippen molar-refractivity contribution in [3.05, 3.63) is 41.4 Å². The molecule has 1 N–H and O–H groups in total. The number of aryl methyl sites for hydroxylation is 1. The number of rotatable bonds is 3. The minimum Gasteiger partial charge on any atom is -0.345 e. The number of benzene rings is 1. The lowest BCUT2D eigenvalue weighted by Gasteiger charge is -2.15. The summed E-state index contributed by atoms with van der Waals surface area (Å²) >= 11 is 0. The number of allylic oxidation sites excluding steroid dienone is 2. The van der Waals surface area contributed by atoms with Crippen LogP contribution in [0.5, 0.6) is 0 Å². The van der Waals surface area contributed by atoms with Crippen LogP contribution in [-0.4, -0.2) is 14.8 Å². The van der Waals surface area contributed by atoms with E-state index in [9.17, 15) is 0 Å². The highest BCUT2D eigenvalue weighted by Crippen LogP contribution is 2.25. The molecule has 0 amide bonds. The Labute approximate surface area is 139 Å². The third-order valence-corrected chi connectivity index (χ3v) is 3.84. The number of aromatic nitrogens is 3. The quantitative estimate of drug-likeness (QED) is 0.870. The maximum atomic E-state index is 9.13. The smallest absolute Gasteiger partial charge is 0.164 e. The fourth-order valence-corrected chi connectivity index (χ4v) is 2.69. The molecule has 1 aliphatic heterocycles. The highest BCUT2D eigenvalue weighted by atomic mass is 15.3. The summed E-state index contributed by atoms with van der Waals surface area (Å²) in [5, 5.41) is 38.3. The van der Waals surface area contributed by atoms with Gasteiger partial charge in [-0.2, -0.15) is 15.8 Å². The maximum Gasteiger partial charge on any atom is 0.164 e. The fourth-order valence-electron chi connectivity index (χ4n) is 2.69. The largest absolute Gasteiger partial charge is 0.345 e. The van der Waals surface area contributed by atoms with E-state index in [2.05, 4.69) is 20.1 Å². The van der Waals surface area contributed by atoms with E-state index in [1.165, 1.54) is 0 Å². The topological polar surface area (TPSA) is 114 Å². The first-order chi connectivity index (χ1) is 11.8. The van der Waals surface area contributed by atoms with E-state index < -0.39 is 0 Å². The van der Waals surface area contributed by atoms with Gasteiger partial charge in [0.15, 0.2) is 11.4 Å². The second kappa shape index (κ2) is 6.64. The third kappa shape index (κ3) is 2.82. The number of nitriles is 3. The molecule has 3 rings (SSSR count). The molecular weight excluding hydrogens is 302 g/mol. The molecule has 1 aliphatic rings. The van der Waals surface area contributed by atoms with Crippen LogP contribution in [0.2, 0.25) is 0 Å². The van der Waals surface area contributed by atoms with Crippen molar-refractivity contribution in [2.45, 2.75) is 25.8 Å². The first-order valence-corrected chi connectivity index (χ1v) is 7.51. The SMILES string of the molecule is N#CC(C#N)=C(C#N)Nc1cccc(-c2nnc3n2CCCC3)c1. The Hall–Kier alpha value is -3.63. The molecular formula is C17H13N7. The van der Waals surface area contributed by atoms with Gasteiger partial charge in [0, 0.05) is 24.2 Å². The van der Waals surface area contributed by atoms with Gasteiger partial charge in [-0.3, -0.25) is 0 Å². The first kappa shape index (κ1) is 15.3. The van der Waals surface area contributed by atoms with Crippen LogP contribution in [0.3, 0.4) is 0 Å². The van der Waals surface area contributed by atoms with Gasteiger partial charge in [0.1, 0.15) is 29.7 Å². The summed E-state index contributed by atoms with van der Waals surface area (Å²) in [5.41, 5.74) is 1.16. The van der Waals surface area contributed by atoms with E-state index in [1.54, 1.807) is 18.2 Å². The summed E-state index contributed by atoms with van der Waals surface area (Å²) < 4.78 is 2.11. The number of anilines is 1. The molecule has 0 saturated heterocycles. The van der Waals surface area contributed by atoms with Crippen molar-refractivity contribution in [2.24, 2.45) is 0 Å². The second-order valence-corrected chi connectivity index (χ2v) is 5.34. The Morgan fingerprint density at radius 3 is 2.67 bits per heavy atom. The Balaban J connectivity index is 1.95. The van der Waals surface area contributed by atoms with Gasteiger partial charge in [0.2, 0.25) is 0 Å². The lowest BCUT2D eigenvalue weighted by molar-refractivity contribution is 0.526. The van der Waals surface area contributed by atoms with Crippen LogP contribution in [0.4, 0.5) is 5.69 Å². The molecule has 2 aromatic rings. The Kier molecular flexibility index (Phi) is 4.23. The van der Waals surface area contributed by atoms with E-state index >= 15 is 0 Å². The molecule has 1 aromatic heterocycles. The average Bonchev–Trinajstić information content (AvgIpc) is 3.06. The molecule has 2 heterocycles. The summed E-state index contributed by atoms with van der Waals surface area (Å²) in [7, 11) is 0. The van der Waals surface area contributed by atoms with Crippen LogP contribution < -0.4 is 5.32 Å². The molecule has 7 nitrogen and oxygen atoms in total. The lowest BCUT2D eigenvalue weighted by atomic mass is 10.1. The van der Waals surface area contributed by atoms with Crippen molar-refractivity contribution in [1.82, 2.24) is 14.8 Å². The zero-order valence-electron chi connectivity index (χ0n) is 12.8. The summed E-state index contributed by atoms with van der Waals surface area (Å²) in [4.78, 5) is 0. The maximum absolute atomic E-state index is 9.13. The molecule has 0 saturated carbocycles. The van der Waals surface area contributed by atoms with Crippen LogP contribution in [0.1, 0.15) is 18.7 Å². The zero-order valence-corrected chi connectivity index (χ0v) is 12.8. The van der Waals surface area contributed by atoms with Crippen LogP contribution in [-0.2, 0) is 13.0 Å². The fraction of sp³-hybridized carbons (Fsp3) is 0.235. The second-order valence-electron chi connectivity index (χ2n) is 5.34. The number of nitrogens with one attached hydrogen (secondary N) is 1. The molecule has 0 fully saturated rings. The predicted molar refractivity (Wildman–Crippen MR) is 85.9 cm³/mol. The van der Waals surface area contributed by atoms with Crippen LogP contribution in [0.15, 0.2) is 35.5 Å². The zero-order chi connectivity index (χ0) is 16.9. The van der Waals surface area contributed by atoms with Crippen LogP contribution >= 0.6 is 0 Å². The van der Waals surface area contributed by atoms with E-state index in [4.69, 9.17) is 15.8 Å². The third-order valence-electron chi connectivity index (χ3n) is 3.84. The van der Waals surface area contributed by atoms with Crippen LogP contribution in [0.25, 0.3) is 11.4 Å². The highest BCUT2D eigenvalue weighted by molar-refractivity contribution is 5.66. The number of fused-ring (bicyclic) bond motifs is 1. The molecule has 7 heteroatoms. The van der Waals surface area contributed by atoms with Gasteiger partial charge in [0.25, 0.3) is 0 Å². The molecule has 0 radical (unpaired) electrons. The van der Waals surface area contributed by atoms with Gasteiger partial charge in [0.05, 0.1) is 0 Å². The normalized spacial score (nSPS) is 12.2. The molecule has 0 aliphatic carbocycles. The molecule has 1 aromatic carbocycles. The van der Waals surface area contributed by atoms with Crippen molar-refractivity contribution < 1.29 is 0 Å². The van der Waals surface area contributed by atoms with Crippen molar-refractivity contribution >= 4 is 5.69 Å². The van der Waals surface area contributed by atoms with Gasteiger partial charge < -0.3 is 9.88 Å². The van der Waals surface area contributed by atoms with Crippen LogP contribution in [0, 0.1) is 34.0 Å². The number of hydrogen-bond acceptors (Lipinski definition) is 6. The molecule has 24 heavy (non-hydrogen) atoms. The van der Waals surface area contributed by atoms with E-state index in [1.807, 2.05) is 24.3 Å². The monoisotopic (exact) mass is 315 g/mol. The number of nitrogens with zero attached hydrogens (tertiary/aromatic N) is 6. The van der Waals surface area contributed by atoms with Gasteiger partial charge in [-0.05, 0) is 25.0 Å². The lowest BCUT2D eigenvalue weighted by Crippen LogP contribution is -2.11. The molecule has 0 bridgehead atoms. The Morgan fingerprint density at radius 1 is 1.08 bits per heavy atom. The number of hydrogen-bond donors (Lipinski definition) is 1. The molecule has 0 atom stereocenters. The average molecular weight is 315 g/mol. The highest BCUT2D eigenvalue weighted by Gasteiger charge is 2.17. The van der Waals surface area contributed by atoms with Crippen molar-refractivity contribution in [1.29, 1.82) is 15.8 Å². The molecule has 0 spiro atoms. The Morgan fingerprint density at radius 2 is 1.92 bits per heavy atom. The predicted octanol–water partition coefficient (Wildman–Crippen LogP) is 2.52. The van der Waals surface area contributed by atoms with E-state index in [0.29, 0.717) is 5.69 Å². The van der Waals surface area contributed by atoms with Crippen molar-refractivity contribution in [3.8, 4) is 29.6 Å². The molecule has 116 valence electrons. The Bertz CT molecular complexity index is 915.